The van der Waals surface area contributed by atoms with Crippen LogP contribution in [0.2, 0.25) is 0 Å². The first kappa shape index (κ1) is 9.49. The molecule has 2 aliphatic rings. The van der Waals surface area contributed by atoms with E-state index in [1.54, 1.807) is 11.9 Å². The molecule has 4 nitrogen and oxygen atoms in total. The highest BCUT2D eigenvalue weighted by Crippen LogP contribution is 2.30. The summed E-state index contributed by atoms with van der Waals surface area (Å²) in [4.78, 5) is 16.7. The Labute approximate surface area is 84.2 Å². The summed E-state index contributed by atoms with van der Waals surface area (Å²) in [5.41, 5.74) is 5.73. The van der Waals surface area contributed by atoms with Crippen molar-refractivity contribution >= 4 is 11.9 Å². The molecule has 2 rings (SSSR count). The minimum absolute atomic E-state index is 0.0607. The number of amidine groups is 1. The molecule has 78 valence electrons. The van der Waals surface area contributed by atoms with Crippen molar-refractivity contribution in [3.05, 3.63) is 0 Å². The zero-order valence-corrected chi connectivity index (χ0v) is 8.57. The number of carbonyl (C=O) groups excluding carboxylic acids is 1. The third-order valence-electron chi connectivity index (χ3n) is 3.37. The second-order valence-electron chi connectivity index (χ2n) is 4.33. The number of amides is 2. The number of nitrogens with two attached hydrogens (primary N) is 1. The van der Waals surface area contributed by atoms with Gasteiger partial charge < -0.3 is 10.6 Å². The maximum absolute atomic E-state index is 11.2. The molecule has 1 aliphatic carbocycles. The van der Waals surface area contributed by atoms with Crippen molar-refractivity contribution in [2.45, 2.75) is 38.1 Å². The molecule has 0 spiro atoms. The lowest BCUT2D eigenvalue weighted by Crippen LogP contribution is -2.38. The van der Waals surface area contributed by atoms with Crippen LogP contribution in [0.15, 0.2) is 4.99 Å². The highest BCUT2D eigenvalue weighted by atomic mass is 16.2. The van der Waals surface area contributed by atoms with Gasteiger partial charge in [-0.2, -0.15) is 4.99 Å². The van der Waals surface area contributed by atoms with E-state index in [2.05, 4.69) is 4.99 Å². The van der Waals surface area contributed by atoms with E-state index in [4.69, 9.17) is 5.73 Å². The molecule has 1 saturated carbocycles. The molecule has 14 heavy (non-hydrogen) atoms. The number of urea groups is 1. The Bertz CT molecular complexity index is 269. The second-order valence-corrected chi connectivity index (χ2v) is 4.33. The van der Waals surface area contributed by atoms with Gasteiger partial charge in [0.2, 0.25) is 0 Å². The minimum Gasteiger partial charge on any atom is -0.385 e. The van der Waals surface area contributed by atoms with Gasteiger partial charge in [0.05, 0.1) is 6.04 Å². The molecule has 2 amide bonds. The van der Waals surface area contributed by atoms with E-state index in [0.717, 1.165) is 12.3 Å². The first-order valence-electron chi connectivity index (χ1n) is 5.29. The predicted octanol–water partition coefficient (Wildman–Crippen LogP) is 1.36. The topological polar surface area (TPSA) is 58.7 Å². The Kier molecular flexibility index (Phi) is 2.44. The van der Waals surface area contributed by atoms with Gasteiger partial charge in [-0.15, -0.1) is 0 Å². The molecule has 1 fully saturated rings. The van der Waals surface area contributed by atoms with Gasteiger partial charge in [0, 0.05) is 7.05 Å². The monoisotopic (exact) mass is 195 g/mol. The summed E-state index contributed by atoms with van der Waals surface area (Å²) in [5.74, 6) is 1.24. The van der Waals surface area contributed by atoms with Crippen molar-refractivity contribution in [1.29, 1.82) is 0 Å². The van der Waals surface area contributed by atoms with E-state index < -0.39 is 0 Å². The standard InChI is InChI=1S/C10H17N3O/c1-13-8(9(11)12-10(13)14)6-7-4-2-3-5-7/h7-8H,2-6H2,1H3,(H2,11,12,14). The quantitative estimate of drug-likeness (QED) is 0.723. The Morgan fingerprint density at radius 2 is 2.14 bits per heavy atom. The van der Waals surface area contributed by atoms with Gasteiger partial charge in [-0.25, -0.2) is 4.79 Å². The zero-order chi connectivity index (χ0) is 10.1. The van der Waals surface area contributed by atoms with Crippen molar-refractivity contribution < 1.29 is 4.79 Å². The van der Waals surface area contributed by atoms with Crippen molar-refractivity contribution in [3.8, 4) is 0 Å². The van der Waals surface area contributed by atoms with Crippen molar-refractivity contribution in [2.75, 3.05) is 7.05 Å². The molecule has 0 aromatic rings. The Morgan fingerprint density at radius 3 is 2.64 bits per heavy atom. The molecule has 1 unspecified atom stereocenters. The summed E-state index contributed by atoms with van der Waals surface area (Å²) in [6.45, 7) is 0. The average Bonchev–Trinajstić information content (AvgIpc) is 2.71. The van der Waals surface area contributed by atoms with E-state index in [1.807, 2.05) is 0 Å². The van der Waals surface area contributed by atoms with Gasteiger partial charge in [0.15, 0.2) is 0 Å². The molecule has 1 atom stereocenters. The molecule has 4 heteroatoms. The van der Waals surface area contributed by atoms with Crippen molar-refractivity contribution in [2.24, 2.45) is 16.6 Å². The number of hydrogen-bond donors (Lipinski definition) is 1. The molecule has 1 aliphatic heterocycles. The summed E-state index contributed by atoms with van der Waals surface area (Å²) < 4.78 is 0. The van der Waals surface area contributed by atoms with Crippen LogP contribution in [0.1, 0.15) is 32.1 Å². The molecule has 0 radical (unpaired) electrons. The van der Waals surface area contributed by atoms with Crippen molar-refractivity contribution in [3.63, 3.8) is 0 Å². The van der Waals surface area contributed by atoms with Crippen LogP contribution in [0, 0.1) is 5.92 Å². The first-order chi connectivity index (χ1) is 6.68. The van der Waals surface area contributed by atoms with Crippen LogP contribution in [0.3, 0.4) is 0 Å². The number of hydrogen-bond acceptors (Lipinski definition) is 2. The van der Waals surface area contributed by atoms with E-state index >= 15 is 0 Å². The maximum Gasteiger partial charge on any atom is 0.345 e. The molecule has 2 N–H and O–H groups in total. The lowest BCUT2D eigenvalue weighted by atomic mass is 9.97. The van der Waals surface area contributed by atoms with Gasteiger partial charge in [-0.3, -0.25) is 0 Å². The summed E-state index contributed by atoms with van der Waals surface area (Å²) in [6.07, 6.45) is 6.22. The van der Waals surface area contributed by atoms with E-state index in [0.29, 0.717) is 5.84 Å². The fourth-order valence-electron chi connectivity index (χ4n) is 2.44. The molecule has 0 saturated heterocycles. The van der Waals surface area contributed by atoms with Gasteiger partial charge in [-0.1, -0.05) is 25.7 Å². The lowest BCUT2D eigenvalue weighted by molar-refractivity contribution is 0.212. The van der Waals surface area contributed by atoms with Crippen LogP contribution in [-0.4, -0.2) is 29.9 Å². The molecule has 0 aromatic carbocycles. The molecule has 0 aromatic heterocycles. The number of likely N-dealkylation sites (N-methyl/N-ethyl adjacent to an activating group) is 1. The average molecular weight is 195 g/mol. The van der Waals surface area contributed by atoms with E-state index in [1.165, 1.54) is 25.7 Å². The van der Waals surface area contributed by atoms with Crippen LogP contribution in [0.5, 0.6) is 0 Å². The zero-order valence-electron chi connectivity index (χ0n) is 8.57. The Hall–Kier alpha value is -1.06. The molecule has 1 heterocycles. The Balaban J connectivity index is 1.97. The van der Waals surface area contributed by atoms with Gasteiger partial charge in [0.25, 0.3) is 0 Å². The molecule has 0 bridgehead atoms. The lowest BCUT2D eigenvalue weighted by Gasteiger charge is -2.22. The highest BCUT2D eigenvalue weighted by molar-refractivity contribution is 6.02. The number of carbonyl (C=O) groups is 1. The summed E-state index contributed by atoms with van der Waals surface area (Å²) in [7, 11) is 1.78. The fraction of sp³-hybridized carbons (Fsp3) is 0.800. The smallest absolute Gasteiger partial charge is 0.345 e. The van der Waals surface area contributed by atoms with Crippen LogP contribution in [0.25, 0.3) is 0 Å². The normalized spacial score (nSPS) is 28.6. The largest absolute Gasteiger partial charge is 0.385 e. The molecular weight excluding hydrogens is 178 g/mol. The maximum atomic E-state index is 11.2. The summed E-state index contributed by atoms with van der Waals surface area (Å²) in [5, 5.41) is 0. The third kappa shape index (κ3) is 1.61. The van der Waals surface area contributed by atoms with E-state index in [9.17, 15) is 4.79 Å². The fourth-order valence-corrected chi connectivity index (χ4v) is 2.44. The number of aliphatic imine (C=N–C) groups is 1. The van der Waals surface area contributed by atoms with Gasteiger partial charge in [0.1, 0.15) is 5.84 Å². The van der Waals surface area contributed by atoms with E-state index in [-0.39, 0.29) is 12.1 Å². The SMILES string of the molecule is CN1C(=O)N=C(N)C1CC1CCCC1. The molecular formula is C10H17N3O. The summed E-state index contributed by atoms with van der Waals surface area (Å²) in [6, 6.07) is -0.129. The van der Waals surface area contributed by atoms with Crippen LogP contribution >= 0.6 is 0 Å². The van der Waals surface area contributed by atoms with Gasteiger partial charge in [-0.05, 0) is 12.3 Å². The van der Waals surface area contributed by atoms with Crippen LogP contribution in [0.4, 0.5) is 4.79 Å². The van der Waals surface area contributed by atoms with Crippen LogP contribution in [-0.2, 0) is 0 Å². The summed E-state index contributed by atoms with van der Waals surface area (Å²) >= 11 is 0. The van der Waals surface area contributed by atoms with Crippen molar-refractivity contribution in [1.82, 2.24) is 4.90 Å². The number of nitrogens with zero attached hydrogens (tertiary/aromatic N) is 2. The Morgan fingerprint density at radius 1 is 1.50 bits per heavy atom. The third-order valence-corrected chi connectivity index (χ3v) is 3.37. The van der Waals surface area contributed by atoms with Gasteiger partial charge >= 0.3 is 6.03 Å². The predicted molar refractivity (Wildman–Crippen MR) is 55.1 cm³/mol. The highest BCUT2D eigenvalue weighted by Gasteiger charge is 2.32. The second kappa shape index (κ2) is 3.59. The van der Waals surface area contributed by atoms with Crippen LogP contribution < -0.4 is 5.73 Å². The minimum atomic E-state index is -0.189. The number of rotatable bonds is 2. The first-order valence-corrected chi connectivity index (χ1v) is 5.29.